The van der Waals surface area contributed by atoms with E-state index >= 15 is 0 Å². The van der Waals surface area contributed by atoms with Crippen LogP contribution in [0.3, 0.4) is 0 Å². The lowest BCUT2D eigenvalue weighted by Gasteiger charge is -2.12. The molecule has 0 unspecified atom stereocenters. The number of thiazole rings is 1. The van der Waals surface area contributed by atoms with Gasteiger partial charge in [-0.2, -0.15) is 18.3 Å². The number of rotatable bonds is 5. The first kappa shape index (κ1) is 22.0. The lowest BCUT2D eigenvalue weighted by molar-refractivity contribution is -0.141. The molecule has 2 aromatic carbocycles. The standard InChI is InChI=1S/C21H16F3N3O3S2/c1-30-19-9-13(3-8-16(19)17-11-31-12-25-17)18-10-20(21(22,23)24)26-27(18)14-4-6-15(7-5-14)32(2,28)29/h3-12H,1-2H3. The minimum Gasteiger partial charge on any atom is -0.496 e. The third-order valence-electron chi connectivity index (χ3n) is 4.71. The third-order valence-corrected chi connectivity index (χ3v) is 6.43. The van der Waals surface area contributed by atoms with E-state index in [1.54, 1.807) is 23.7 Å². The molecule has 2 aromatic heterocycles. The molecule has 0 radical (unpaired) electrons. The molecule has 0 saturated carbocycles. The summed E-state index contributed by atoms with van der Waals surface area (Å²) in [6.45, 7) is 0. The van der Waals surface area contributed by atoms with Crippen molar-refractivity contribution in [1.29, 1.82) is 0 Å². The van der Waals surface area contributed by atoms with Crippen molar-refractivity contribution in [2.24, 2.45) is 0 Å². The third kappa shape index (κ3) is 4.26. The highest BCUT2D eigenvalue weighted by molar-refractivity contribution is 7.90. The van der Waals surface area contributed by atoms with Gasteiger partial charge in [0, 0.05) is 22.8 Å². The molecule has 166 valence electrons. The lowest BCUT2D eigenvalue weighted by atomic mass is 10.1. The number of nitrogens with zero attached hydrogens (tertiary/aromatic N) is 3. The molecule has 0 aliphatic heterocycles. The average molecular weight is 480 g/mol. The summed E-state index contributed by atoms with van der Waals surface area (Å²) in [7, 11) is -1.98. The molecule has 0 amide bonds. The first-order valence-electron chi connectivity index (χ1n) is 9.12. The van der Waals surface area contributed by atoms with E-state index in [0.29, 0.717) is 22.6 Å². The van der Waals surface area contributed by atoms with Crippen LogP contribution < -0.4 is 4.74 Å². The lowest BCUT2D eigenvalue weighted by Crippen LogP contribution is -2.07. The number of aromatic nitrogens is 3. The van der Waals surface area contributed by atoms with Crippen LogP contribution in [0.1, 0.15) is 5.69 Å². The predicted molar refractivity (Wildman–Crippen MR) is 115 cm³/mol. The van der Waals surface area contributed by atoms with Gasteiger partial charge in [0.2, 0.25) is 0 Å². The van der Waals surface area contributed by atoms with E-state index in [9.17, 15) is 21.6 Å². The number of halogens is 3. The van der Waals surface area contributed by atoms with Crippen molar-refractivity contribution < 1.29 is 26.3 Å². The highest BCUT2D eigenvalue weighted by atomic mass is 32.2. The number of ether oxygens (including phenoxy) is 1. The van der Waals surface area contributed by atoms with Crippen LogP contribution in [-0.2, 0) is 16.0 Å². The van der Waals surface area contributed by atoms with Crippen molar-refractivity contribution in [1.82, 2.24) is 14.8 Å². The van der Waals surface area contributed by atoms with E-state index in [2.05, 4.69) is 10.1 Å². The van der Waals surface area contributed by atoms with Gasteiger partial charge in [-0.05, 0) is 42.5 Å². The van der Waals surface area contributed by atoms with E-state index in [4.69, 9.17) is 4.74 Å². The Bertz CT molecular complexity index is 1360. The van der Waals surface area contributed by atoms with E-state index < -0.39 is 21.7 Å². The molecule has 11 heteroatoms. The molecule has 0 saturated heterocycles. The molecular weight excluding hydrogens is 463 g/mol. The maximum atomic E-state index is 13.4. The fourth-order valence-electron chi connectivity index (χ4n) is 3.16. The van der Waals surface area contributed by atoms with E-state index in [0.717, 1.165) is 17.0 Å². The van der Waals surface area contributed by atoms with Gasteiger partial charge in [0.25, 0.3) is 0 Å². The van der Waals surface area contributed by atoms with Crippen LogP contribution in [0.15, 0.2) is 64.3 Å². The fraction of sp³-hybridized carbons (Fsp3) is 0.143. The van der Waals surface area contributed by atoms with Gasteiger partial charge in [0.15, 0.2) is 15.5 Å². The molecule has 0 fully saturated rings. The van der Waals surface area contributed by atoms with Crippen LogP contribution >= 0.6 is 11.3 Å². The molecule has 4 rings (SSSR count). The molecule has 32 heavy (non-hydrogen) atoms. The number of alkyl halides is 3. The zero-order valence-corrected chi connectivity index (χ0v) is 18.4. The first-order valence-corrected chi connectivity index (χ1v) is 12.0. The van der Waals surface area contributed by atoms with Crippen LogP contribution in [-0.4, -0.2) is 36.5 Å². The van der Waals surface area contributed by atoms with Gasteiger partial charge in [-0.3, -0.25) is 0 Å². The van der Waals surface area contributed by atoms with Crippen LogP contribution in [0.5, 0.6) is 5.75 Å². The second-order valence-corrected chi connectivity index (χ2v) is 9.61. The van der Waals surface area contributed by atoms with Crippen LogP contribution in [0, 0.1) is 0 Å². The summed E-state index contributed by atoms with van der Waals surface area (Å²) in [6.07, 6.45) is -3.60. The summed E-state index contributed by atoms with van der Waals surface area (Å²) >= 11 is 1.41. The molecule has 0 N–H and O–H groups in total. The zero-order valence-electron chi connectivity index (χ0n) is 16.8. The number of hydrogen-bond acceptors (Lipinski definition) is 6. The van der Waals surface area contributed by atoms with Crippen molar-refractivity contribution in [3.05, 3.63) is 65.1 Å². The maximum Gasteiger partial charge on any atom is 0.435 e. The Morgan fingerprint density at radius 2 is 1.78 bits per heavy atom. The quantitative estimate of drug-likeness (QED) is 0.399. The summed E-state index contributed by atoms with van der Waals surface area (Å²) in [5.74, 6) is 0.446. The van der Waals surface area contributed by atoms with Crippen molar-refractivity contribution >= 4 is 21.2 Å². The van der Waals surface area contributed by atoms with E-state index in [1.807, 2.05) is 5.38 Å². The monoisotopic (exact) mass is 479 g/mol. The number of sulfone groups is 1. The molecule has 0 atom stereocenters. The van der Waals surface area contributed by atoms with Crippen LogP contribution in [0.2, 0.25) is 0 Å². The Labute approximate surface area is 185 Å². The second-order valence-electron chi connectivity index (χ2n) is 6.88. The van der Waals surface area contributed by atoms with Gasteiger partial charge in [-0.1, -0.05) is 6.07 Å². The highest BCUT2D eigenvalue weighted by Gasteiger charge is 2.35. The number of methoxy groups -OCH3 is 1. The molecule has 0 bridgehead atoms. The zero-order chi connectivity index (χ0) is 23.1. The Morgan fingerprint density at radius 1 is 1.06 bits per heavy atom. The van der Waals surface area contributed by atoms with Gasteiger partial charge in [0.1, 0.15) is 5.75 Å². The van der Waals surface area contributed by atoms with Gasteiger partial charge >= 0.3 is 6.18 Å². The molecular formula is C21H16F3N3O3S2. The van der Waals surface area contributed by atoms with Crippen molar-refractivity contribution in [2.45, 2.75) is 11.1 Å². The molecule has 4 aromatic rings. The van der Waals surface area contributed by atoms with E-state index in [1.165, 1.54) is 42.7 Å². The second kappa shape index (κ2) is 8.06. The van der Waals surface area contributed by atoms with Crippen LogP contribution in [0.4, 0.5) is 13.2 Å². The Balaban J connectivity index is 1.86. The van der Waals surface area contributed by atoms with E-state index in [-0.39, 0.29) is 16.3 Å². The average Bonchev–Trinajstić information content (AvgIpc) is 3.43. The summed E-state index contributed by atoms with van der Waals surface area (Å²) < 4.78 is 70.3. The summed E-state index contributed by atoms with van der Waals surface area (Å²) in [5, 5.41) is 5.58. The maximum absolute atomic E-state index is 13.4. The molecule has 0 aliphatic carbocycles. The first-order chi connectivity index (χ1) is 15.1. The van der Waals surface area contributed by atoms with Crippen molar-refractivity contribution in [3.8, 4) is 34.0 Å². The Kier molecular flexibility index (Phi) is 5.55. The molecule has 6 nitrogen and oxygen atoms in total. The highest BCUT2D eigenvalue weighted by Crippen LogP contribution is 2.37. The van der Waals surface area contributed by atoms with Gasteiger partial charge in [0.05, 0.1) is 34.6 Å². The fourth-order valence-corrected chi connectivity index (χ4v) is 4.35. The van der Waals surface area contributed by atoms with Crippen LogP contribution in [0.25, 0.3) is 28.2 Å². The largest absolute Gasteiger partial charge is 0.496 e. The molecule has 2 heterocycles. The SMILES string of the molecule is COc1cc(-c2cc(C(F)(F)F)nn2-c2ccc(S(C)(=O)=O)cc2)ccc1-c1cscn1. The van der Waals surface area contributed by atoms with Gasteiger partial charge < -0.3 is 4.74 Å². The Hall–Kier alpha value is -3.18. The van der Waals surface area contributed by atoms with Crippen molar-refractivity contribution in [2.75, 3.05) is 13.4 Å². The molecule has 0 spiro atoms. The predicted octanol–water partition coefficient (Wildman–Crippen LogP) is 5.09. The number of benzene rings is 2. The summed E-state index contributed by atoms with van der Waals surface area (Å²) in [4.78, 5) is 4.31. The minimum absolute atomic E-state index is 0.0558. The van der Waals surface area contributed by atoms with Gasteiger partial charge in [-0.25, -0.2) is 18.1 Å². The smallest absolute Gasteiger partial charge is 0.435 e. The van der Waals surface area contributed by atoms with Gasteiger partial charge in [-0.15, -0.1) is 11.3 Å². The topological polar surface area (TPSA) is 74.1 Å². The number of hydrogen-bond donors (Lipinski definition) is 0. The summed E-state index contributed by atoms with van der Waals surface area (Å²) in [5.41, 5.74) is 2.90. The minimum atomic E-state index is -4.66. The normalized spacial score (nSPS) is 12.2. The molecule has 0 aliphatic rings. The summed E-state index contributed by atoms with van der Waals surface area (Å²) in [6, 6.07) is 11.4. The van der Waals surface area contributed by atoms with Crippen molar-refractivity contribution in [3.63, 3.8) is 0 Å². The Morgan fingerprint density at radius 3 is 2.34 bits per heavy atom.